The van der Waals surface area contributed by atoms with Crippen LogP contribution in [0, 0.1) is 23.5 Å². The third-order valence-corrected chi connectivity index (χ3v) is 4.59. The summed E-state index contributed by atoms with van der Waals surface area (Å²) in [5, 5.41) is 3.49. The minimum absolute atomic E-state index is 0.0238. The van der Waals surface area contributed by atoms with Crippen molar-refractivity contribution < 1.29 is 13.6 Å². The molecule has 0 saturated heterocycles. The van der Waals surface area contributed by atoms with Gasteiger partial charge >= 0.3 is 0 Å². The molecule has 0 N–H and O–H groups in total. The molecule has 1 aromatic rings. The Morgan fingerprint density at radius 3 is 2.48 bits per heavy atom. The van der Waals surface area contributed by atoms with Crippen molar-refractivity contribution >= 4 is 6.21 Å². The minimum Gasteiger partial charge on any atom is -0.354 e. The molecule has 0 spiro atoms. The Morgan fingerprint density at radius 2 is 1.86 bits per heavy atom. The number of halogens is 2. The molecule has 0 heterocycles. The highest BCUT2D eigenvalue weighted by Crippen LogP contribution is 2.39. The second kappa shape index (κ2) is 7.01. The number of hydrogen-bond acceptors (Lipinski definition) is 2. The van der Waals surface area contributed by atoms with Gasteiger partial charge in [-0.3, -0.25) is 0 Å². The van der Waals surface area contributed by atoms with E-state index in [2.05, 4.69) is 12.1 Å². The van der Waals surface area contributed by atoms with Gasteiger partial charge in [-0.2, -0.15) is 4.39 Å². The van der Waals surface area contributed by atoms with Crippen molar-refractivity contribution in [3.8, 4) is 5.75 Å². The van der Waals surface area contributed by atoms with E-state index in [1.165, 1.54) is 25.1 Å². The lowest BCUT2D eigenvalue weighted by atomic mass is 9.74. The van der Waals surface area contributed by atoms with Crippen LogP contribution >= 0.6 is 0 Å². The van der Waals surface area contributed by atoms with Crippen LogP contribution in [0.3, 0.4) is 0 Å². The quantitative estimate of drug-likeness (QED) is 0.547. The molecule has 0 bridgehead atoms. The zero-order valence-electron chi connectivity index (χ0n) is 12.9. The number of hydrogen-bond donors (Lipinski definition) is 0. The van der Waals surface area contributed by atoms with Crippen LogP contribution in [0.1, 0.15) is 57.9 Å². The first kappa shape index (κ1) is 15.9. The van der Waals surface area contributed by atoms with E-state index in [1.807, 2.05) is 6.92 Å². The van der Waals surface area contributed by atoms with E-state index >= 15 is 0 Å². The zero-order valence-corrected chi connectivity index (χ0v) is 12.9. The summed E-state index contributed by atoms with van der Waals surface area (Å²) in [7, 11) is 0. The second-order valence-electron chi connectivity index (χ2n) is 6.04. The van der Waals surface area contributed by atoms with Gasteiger partial charge < -0.3 is 4.84 Å². The summed E-state index contributed by atoms with van der Waals surface area (Å²) >= 11 is 0. The van der Waals surface area contributed by atoms with Crippen molar-refractivity contribution in [1.82, 2.24) is 0 Å². The van der Waals surface area contributed by atoms with Crippen LogP contribution < -0.4 is 4.84 Å². The van der Waals surface area contributed by atoms with Crippen LogP contribution in [-0.4, -0.2) is 6.21 Å². The Hall–Kier alpha value is -1.45. The predicted molar refractivity (Wildman–Crippen MR) is 80.7 cm³/mol. The maximum atomic E-state index is 14.3. The van der Waals surface area contributed by atoms with Crippen LogP contribution in [0.2, 0.25) is 0 Å². The van der Waals surface area contributed by atoms with Gasteiger partial charge in [-0.15, -0.1) is 0 Å². The molecule has 1 aromatic carbocycles. The van der Waals surface area contributed by atoms with Gasteiger partial charge in [0.1, 0.15) is 0 Å². The molecule has 2 nitrogen and oxygen atoms in total. The summed E-state index contributed by atoms with van der Waals surface area (Å²) in [5.41, 5.74) is 0.444. The predicted octanol–water partition coefficient (Wildman–Crippen LogP) is 5.28. The highest BCUT2D eigenvalue weighted by molar-refractivity contribution is 5.52. The molecule has 2 rings (SSSR count). The fraction of sp³-hybridized carbons (Fsp3) is 0.588. The lowest BCUT2D eigenvalue weighted by Crippen LogP contribution is -2.18. The van der Waals surface area contributed by atoms with Crippen molar-refractivity contribution in [3.05, 3.63) is 29.3 Å². The van der Waals surface area contributed by atoms with Gasteiger partial charge in [0, 0.05) is 6.21 Å². The van der Waals surface area contributed by atoms with Crippen molar-refractivity contribution in [3.63, 3.8) is 0 Å². The van der Waals surface area contributed by atoms with Crippen LogP contribution in [0.5, 0.6) is 5.75 Å². The van der Waals surface area contributed by atoms with E-state index in [-0.39, 0.29) is 11.7 Å². The minimum atomic E-state index is -0.950. The lowest BCUT2D eigenvalue weighted by molar-refractivity contribution is 0.256. The van der Waals surface area contributed by atoms with Gasteiger partial charge in [-0.25, -0.2) is 4.39 Å². The largest absolute Gasteiger partial charge is 0.354 e. The number of oxime groups is 1. The summed E-state index contributed by atoms with van der Waals surface area (Å²) in [4.78, 5) is 4.82. The molecule has 4 heteroatoms. The van der Waals surface area contributed by atoms with Crippen molar-refractivity contribution in [2.24, 2.45) is 17.0 Å². The average Bonchev–Trinajstić information content (AvgIpc) is 2.49. The summed E-state index contributed by atoms with van der Waals surface area (Å²) in [6, 6.07) is 3.09. The third kappa shape index (κ3) is 3.60. The standard InChI is InChI=1S/C17H23F2NO/c1-4-20-21-15-10-9-14(16(18)17(15)19)12(3)13-7-5-11(2)6-8-13/h4,9-13H,5-8H2,1-3H3. The monoisotopic (exact) mass is 295 g/mol. The van der Waals surface area contributed by atoms with E-state index in [0.717, 1.165) is 18.8 Å². The molecule has 21 heavy (non-hydrogen) atoms. The van der Waals surface area contributed by atoms with Gasteiger partial charge in [0.05, 0.1) is 0 Å². The Morgan fingerprint density at radius 1 is 1.19 bits per heavy atom. The van der Waals surface area contributed by atoms with Crippen LogP contribution in [0.25, 0.3) is 0 Å². The molecule has 1 aliphatic rings. The Labute approximate surface area is 125 Å². The Kier molecular flexibility index (Phi) is 5.32. The normalized spacial score (nSPS) is 24.2. The molecule has 1 aliphatic carbocycles. The molecule has 116 valence electrons. The zero-order chi connectivity index (χ0) is 15.4. The van der Waals surface area contributed by atoms with Crippen molar-refractivity contribution in [2.45, 2.75) is 52.4 Å². The fourth-order valence-corrected chi connectivity index (χ4v) is 3.12. The summed E-state index contributed by atoms with van der Waals surface area (Å²) in [6.07, 6.45) is 5.90. The first-order valence-electron chi connectivity index (χ1n) is 7.67. The number of rotatable bonds is 4. The van der Waals surface area contributed by atoms with Crippen LogP contribution in [0.15, 0.2) is 17.3 Å². The van der Waals surface area contributed by atoms with E-state index < -0.39 is 11.6 Å². The summed E-state index contributed by atoms with van der Waals surface area (Å²) in [6.45, 7) is 5.89. The van der Waals surface area contributed by atoms with Crippen LogP contribution in [-0.2, 0) is 0 Å². The van der Waals surface area contributed by atoms with E-state index in [1.54, 1.807) is 13.0 Å². The molecule has 0 aromatic heterocycles. The van der Waals surface area contributed by atoms with Gasteiger partial charge in [-0.1, -0.05) is 37.9 Å². The average molecular weight is 295 g/mol. The summed E-state index contributed by atoms with van der Waals surface area (Å²) in [5.74, 6) is -0.721. The molecular formula is C17H23F2NO. The van der Waals surface area contributed by atoms with Gasteiger partial charge in [-0.05, 0) is 49.1 Å². The Balaban J connectivity index is 2.18. The van der Waals surface area contributed by atoms with E-state index in [9.17, 15) is 8.78 Å². The third-order valence-electron chi connectivity index (χ3n) is 4.59. The maximum absolute atomic E-state index is 14.3. The molecule has 1 saturated carbocycles. The van der Waals surface area contributed by atoms with Crippen molar-refractivity contribution in [2.75, 3.05) is 0 Å². The highest BCUT2D eigenvalue weighted by atomic mass is 19.2. The lowest BCUT2D eigenvalue weighted by Gasteiger charge is -2.31. The SMILES string of the molecule is CC=NOc1ccc(C(C)C2CCC(C)CC2)c(F)c1F. The Bertz CT molecular complexity index is 508. The fourth-order valence-electron chi connectivity index (χ4n) is 3.12. The van der Waals surface area contributed by atoms with Crippen molar-refractivity contribution in [1.29, 1.82) is 0 Å². The number of benzene rings is 1. The molecule has 0 aliphatic heterocycles. The highest BCUT2D eigenvalue weighted by Gasteiger charge is 2.27. The smallest absolute Gasteiger partial charge is 0.204 e. The maximum Gasteiger partial charge on any atom is 0.204 e. The van der Waals surface area contributed by atoms with Gasteiger partial charge in [0.15, 0.2) is 11.6 Å². The second-order valence-corrected chi connectivity index (χ2v) is 6.04. The molecular weight excluding hydrogens is 272 g/mol. The molecule has 0 amide bonds. The van der Waals surface area contributed by atoms with Crippen LogP contribution in [0.4, 0.5) is 8.78 Å². The van der Waals surface area contributed by atoms with E-state index in [0.29, 0.717) is 11.5 Å². The first-order valence-corrected chi connectivity index (χ1v) is 7.67. The van der Waals surface area contributed by atoms with Gasteiger partial charge in [0.25, 0.3) is 0 Å². The number of nitrogens with zero attached hydrogens (tertiary/aromatic N) is 1. The molecule has 0 radical (unpaired) electrons. The summed E-state index contributed by atoms with van der Waals surface area (Å²) < 4.78 is 28.3. The molecule has 1 fully saturated rings. The van der Waals surface area contributed by atoms with E-state index in [4.69, 9.17) is 4.84 Å². The topological polar surface area (TPSA) is 21.6 Å². The first-order chi connectivity index (χ1) is 10.0. The molecule has 1 unspecified atom stereocenters. The van der Waals surface area contributed by atoms with Gasteiger partial charge in [0.2, 0.25) is 5.82 Å². The molecule has 1 atom stereocenters.